The number of aliphatic hydroxyl groups excluding tert-OH is 1. The highest BCUT2D eigenvalue weighted by atomic mass is 35.5. The molecule has 2 rings (SSSR count). The summed E-state index contributed by atoms with van der Waals surface area (Å²) in [6, 6.07) is 4.76. The van der Waals surface area contributed by atoms with Gasteiger partial charge in [-0.2, -0.15) is 0 Å². The Morgan fingerprint density at radius 2 is 2.12 bits per heavy atom. The first-order chi connectivity index (χ1) is 12.4. The van der Waals surface area contributed by atoms with Gasteiger partial charge in [0, 0.05) is 18.7 Å². The summed E-state index contributed by atoms with van der Waals surface area (Å²) in [6.45, 7) is 1.66. The number of carbonyl (C=O) groups excluding carboxylic acids is 3. The van der Waals surface area contributed by atoms with Crippen molar-refractivity contribution in [2.24, 2.45) is 0 Å². The van der Waals surface area contributed by atoms with Crippen LogP contribution in [0.5, 0.6) is 0 Å². The zero-order valence-electron chi connectivity index (χ0n) is 14.5. The Bertz CT molecular complexity index is 763. The minimum absolute atomic E-state index is 0.0484. The van der Waals surface area contributed by atoms with Crippen molar-refractivity contribution >= 4 is 40.8 Å². The fourth-order valence-corrected chi connectivity index (χ4v) is 2.65. The van der Waals surface area contributed by atoms with E-state index in [1.165, 1.54) is 18.1 Å². The maximum atomic E-state index is 12.5. The van der Waals surface area contributed by atoms with E-state index in [2.05, 4.69) is 10.6 Å². The maximum absolute atomic E-state index is 12.5. The van der Waals surface area contributed by atoms with E-state index in [0.29, 0.717) is 17.8 Å². The lowest BCUT2D eigenvalue weighted by atomic mass is 10.2. The van der Waals surface area contributed by atoms with Crippen LogP contribution in [0.4, 0.5) is 11.4 Å². The van der Waals surface area contributed by atoms with Crippen molar-refractivity contribution in [3.05, 3.63) is 34.5 Å². The molecular formula is C17H20ClN3O5. The van der Waals surface area contributed by atoms with Gasteiger partial charge in [-0.25, -0.2) is 4.79 Å². The van der Waals surface area contributed by atoms with Gasteiger partial charge in [0.2, 0.25) is 5.91 Å². The molecular weight excluding hydrogens is 362 g/mol. The van der Waals surface area contributed by atoms with E-state index in [-0.39, 0.29) is 41.9 Å². The molecule has 9 heteroatoms. The highest BCUT2D eigenvalue weighted by Crippen LogP contribution is 2.28. The van der Waals surface area contributed by atoms with Gasteiger partial charge in [-0.3, -0.25) is 9.59 Å². The van der Waals surface area contributed by atoms with Gasteiger partial charge in [0.05, 0.1) is 36.5 Å². The molecule has 0 aliphatic carbocycles. The van der Waals surface area contributed by atoms with E-state index in [0.717, 1.165) is 0 Å². The number of ether oxygens (including phenoxy) is 1. The average molecular weight is 382 g/mol. The van der Waals surface area contributed by atoms with Gasteiger partial charge in [0.25, 0.3) is 5.91 Å². The molecule has 8 nitrogen and oxygen atoms in total. The van der Waals surface area contributed by atoms with Crippen molar-refractivity contribution in [1.29, 1.82) is 0 Å². The predicted molar refractivity (Wildman–Crippen MR) is 96.7 cm³/mol. The summed E-state index contributed by atoms with van der Waals surface area (Å²) < 4.78 is 4.72. The Morgan fingerprint density at radius 3 is 2.69 bits per heavy atom. The quantitative estimate of drug-likeness (QED) is 0.615. The number of β-amino-alcohol motifs (C(OH)–C–C–N with tert-alkyl or cyclic N) is 1. The third-order valence-corrected chi connectivity index (χ3v) is 4.10. The van der Waals surface area contributed by atoms with E-state index in [1.54, 1.807) is 19.1 Å². The van der Waals surface area contributed by atoms with Crippen LogP contribution in [0.15, 0.2) is 29.5 Å². The van der Waals surface area contributed by atoms with Crippen LogP contribution in [0.3, 0.4) is 0 Å². The fourth-order valence-electron chi connectivity index (χ4n) is 2.43. The molecule has 1 aromatic rings. The number of methoxy groups -OCH3 is 1. The Morgan fingerprint density at radius 1 is 1.38 bits per heavy atom. The van der Waals surface area contributed by atoms with Gasteiger partial charge in [-0.1, -0.05) is 18.5 Å². The van der Waals surface area contributed by atoms with Gasteiger partial charge >= 0.3 is 5.97 Å². The number of anilines is 2. The predicted octanol–water partition coefficient (Wildman–Crippen LogP) is 1.36. The molecule has 0 radical (unpaired) electrons. The molecule has 1 aliphatic heterocycles. The first-order valence-corrected chi connectivity index (χ1v) is 8.37. The number of amides is 2. The summed E-state index contributed by atoms with van der Waals surface area (Å²) in [7, 11) is 1.23. The molecule has 26 heavy (non-hydrogen) atoms. The normalized spacial score (nSPS) is 13.8. The molecule has 0 atom stereocenters. The molecule has 0 unspecified atom stereocenters. The van der Waals surface area contributed by atoms with Crippen molar-refractivity contribution in [2.45, 2.75) is 13.3 Å². The van der Waals surface area contributed by atoms with Gasteiger partial charge in [0.1, 0.15) is 5.70 Å². The molecule has 2 amide bonds. The molecule has 1 aliphatic rings. The average Bonchev–Trinajstić information content (AvgIpc) is 2.93. The summed E-state index contributed by atoms with van der Waals surface area (Å²) >= 11 is 6.17. The number of halogens is 1. The Labute approximate surface area is 155 Å². The largest absolute Gasteiger partial charge is 0.466 e. The topological polar surface area (TPSA) is 108 Å². The molecule has 0 bridgehead atoms. The lowest BCUT2D eigenvalue weighted by Crippen LogP contribution is -2.31. The lowest BCUT2D eigenvalue weighted by molar-refractivity contribution is -0.136. The minimum atomic E-state index is -0.626. The zero-order chi connectivity index (χ0) is 19.3. The summed E-state index contributed by atoms with van der Waals surface area (Å²) in [5.41, 5.74) is 1.17. The minimum Gasteiger partial charge on any atom is -0.466 e. The first kappa shape index (κ1) is 19.7. The van der Waals surface area contributed by atoms with E-state index >= 15 is 0 Å². The summed E-state index contributed by atoms with van der Waals surface area (Å²) in [4.78, 5) is 37.2. The van der Waals surface area contributed by atoms with E-state index in [9.17, 15) is 14.4 Å². The molecule has 0 saturated carbocycles. The smallest absolute Gasteiger partial charge is 0.337 e. The Balaban J connectivity index is 2.26. The number of hydrogen-bond donors (Lipinski definition) is 3. The van der Waals surface area contributed by atoms with Crippen molar-refractivity contribution < 1.29 is 24.2 Å². The number of nitrogens with zero attached hydrogens (tertiary/aromatic N) is 1. The van der Waals surface area contributed by atoms with Crippen molar-refractivity contribution in [3.8, 4) is 0 Å². The number of esters is 1. The number of aliphatic hydroxyl groups is 1. The number of rotatable bonds is 7. The highest BCUT2D eigenvalue weighted by Gasteiger charge is 2.34. The zero-order valence-corrected chi connectivity index (χ0v) is 15.2. The second-order valence-electron chi connectivity index (χ2n) is 5.52. The van der Waals surface area contributed by atoms with Crippen LogP contribution in [-0.2, 0) is 19.1 Å². The molecule has 0 fully saturated rings. The van der Waals surface area contributed by atoms with Crippen LogP contribution in [-0.4, -0.2) is 54.6 Å². The number of nitrogens with one attached hydrogen (secondary N) is 2. The molecule has 0 aromatic heterocycles. The monoisotopic (exact) mass is 381 g/mol. The lowest BCUT2D eigenvalue weighted by Gasteiger charge is -2.15. The summed E-state index contributed by atoms with van der Waals surface area (Å²) in [5, 5.41) is 14.9. The summed E-state index contributed by atoms with van der Waals surface area (Å²) in [6.07, 6.45) is 0.320. The van der Waals surface area contributed by atoms with Crippen LogP contribution in [0, 0.1) is 0 Å². The van der Waals surface area contributed by atoms with Gasteiger partial charge in [-0.15, -0.1) is 0 Å². The van der Waals surface area contributed by atoms with Crippen molar-refractivity contribution in [3.63, 3.8) is 0 Å². The number of benzene rings is 1. The van der Waals surface area contributed by atoms with Gasteiger partial charge < -0.3 is 25.4 Å². The number of carbonyl (C=O) groups is 3. The van der Waals surface area contributed by atoms with Crippen LogP contribution in [0.2, 0.25) is 5.02 Å². The first-order valence-electron chi connectivity index (χ1n) is 7.99. The third kappa shape index (κ3) is 4.33. The van der Waals surface area contributed by atoms with Crippen molar-refractivity contribution in [2.75, 3.05) is 37.4 Å². The van der Waals surface area contributed by atoms with Crippen molar-refractivity contribution in [1.82, 2.24) is 4.90 Å². The standard InChI is InChI=1S/C17H20ClN3O5/c1-3-14(23)20-13-5-4-10(8-12(13)18)19-15-11(17(25)26-2)9-21(6-7-22)16(15)24/h4-5,8,19,22H,3,6-7,9H2,1-2H3,(H,20,23). The van der Waals surface area contributed by atoms with Crippen LogP contribution >= 0.6 is 11.6 Å². The summed E-state index contributed by atoms with van der Waals surface area (Å²) in [5.74, 6) is -1.22. The third-order valence-electron chi connectivity index (χ3n) is 3.79. The van der Waals surface area contributed by atoms with Gasteiger partial charge in [0.15, 0.2) is 0 Å². The molecule has 3 N–H and O–H groups in total. The molecule has 0 saturated heterocycles. The Kier molecular flexibility index (Phi) is 6.59. The molecule has 140 valence electrons. The highest BCUT2D eigenvalue weighted by molar-refractivity contribution is 6.34. The van der Waals surface area contributed by atoms with Crippen LogP contribution < -0.4 is 10.6 Å². The maximum Gasteiger partial charge on any atom is 0.337 e. The second-order valence-corrected chi connectivity index (χ2v) is 5.92. The van der Waals surface area contributed by atoms with E-state index in [4.69, 9.17) is 21.4 Å². The van der Waals surface area contributed by atoms with Gasteiger partial charge in [-0.05, 0) is 18.2 Å². The number of hydrogen-bond acceptors (Lipinski definition) is 6. The molecule has 1 aromatic carbocycles. The molecule has 1 heterocycles. The SMILES string of the molecule is CCC(=O)Nc1ccc(NC2=C(C(=O)OC)CN(CCO)C2=O)cc1Cl. The van der Waals surface area contributed by atoms with E-state index in [1.807, 2.05) is 0 Å². The fraction of sp³-hybridized carbons (Fsp3) is 0.353. The van der Waals surface area contributed by atoms with Crippen LogP contribution in [0.25, 0.3) is 0 Å². The molecule has 0 spiro atoms. The van der Waals surface area contributed by atoms with E-state index < -0.39 is 11.9 Å². The second kappa shape index (κ2) is 8.68. The van der Waals surface area contributed by atoms with Crippen LogP contribution in [0.1, 0.15) is 13.3 Å². The Hall–Kier alpha value is -2.58.